The fourth-order valence-electron chi connectivity index (χ4n) is 3.33. The molecule has 4 rings (SSSR count). The Morgan fingerprint density at radius 2 is 1.85 bits per heavy atom. The van der Waals surface area contributed by atoms with Gasteiger partial charge in [0.1, 0.15) is 0 Å². The van der Waals surface area contributed by atoms with Crippen LogP contribution < -0.4 is 5.32 Å². The summed E-state index contributed by atoms with van der Waals surface area (Å²) >= 11 is 0. The summed E-state index contributed by atoms with van der Waals surface area (Å²) < 4.78 is 0. The van der Waals surface area contributed by atoms with Gasteiger partial charge in [-0.1, -0.05) is 12.1 Å². The number of nitrogens with one attached hydrogen (secondary N) is 1. The third kappa shape index (κ3) is 4.52. The molecule has 1 aliphatic carbocycles. The average Bonchev–Trinajstić information content (AvgIpc) is 3.54. The SMILES string of the molecule is O=C(Nc1cccc(C(=O)N2CCN(Cc3ccccn3)CC2)c1)C1CC1. The van der Waals surface area contributed by atoms with Crippen molar-refractivity contribution in [2.45, 2.75) is 19.4 Å². The molecule has 2 fully saturated rings. The van der Waals surface area contributed by atoms with E-state index in [0.29, 0.717) is 24.3 Å². The molecule has 1 saturated heterocycles. The first kappa shape index (κ1) is 17.7. The monoisotopic (exact) mass is 364 g/mol. The number of rotatable bonds is 5. The number of piperazine rings is 1. The molecule has 1 saturated carbocycles. The number of benzene rings is 1. The van der Waals surface area contributed by atoms with Crippen molar-refractivity contribution in [2.75, 3.05) is 31.5 Å². The minimum absolute atomic E-state index is 0.0232. The maximum absolute atomic E-state index is 12.8. The maximum Gasteiger partial charge on any atom is 0.254 e. The van der Waals surface area contributed by atoms with Gasteiger partial charge in [0.2, 0.25) is 5.91 Å². The number of hydrogen-bond donors (Lipinski definition) is 1. The zero-order valence-electron chi connectivity index (χ0n) is 15.3. The predicted octanol–water partition coefficient (Wildman–Crippen LogP) is 2.39. The fourth-order valence-corrected chi connectivity index (χ4v) is 3.33. The Bertz CT molecular complexity index is 812. The Kier molecular flexibility index (Phi) is 5.16. The first-order valence-corrected chi connectivity index (χ1v) is 9.51. The van der Waals surface area contributed by atoms with Crippen LogP contribution in [0.5, 0.6) is 0 Å². The number of aromatic nitrogens is 1. The summed E-state index contributed by atoms with van der Waals surface area (Å²) in [5.41, 5.74) is 2.38. The van der Waals surface area contributed by atoms with Gasteiger partial charge >= 0.3 is 0 Å². The Hall–Kier alpha value is -2.73. The molecule has 140 valence electrons. The summed E-state index contributed by atoms with van der Waals surface area (Å²) in [4.78, 5) is 33.3. The van der Waals surface area contributed by atoms with Gasteiger partial charge in [-0.2, -0.15) is 0 Å². The van der Waals surface area contributed by atoms with Gasteiger partial charge in [0.15, 0.2) is 0 Å². The predicted molar refractivity (Wildman–Crippen MR) is 103 cm³/mol. The molecule has 1 aromatic heterocycles. The lowest BCUT2D eigenvalue weighted by Crippen LogP contribution is -2.48. The third-order valence-electron chi connectivity index (χ3n) is 5.10. The van der Waals surface area contributed by atoms with Crippen LogP contribution in [0.25, 0.3) is 0 Å². The number of nitrogens with zero attached hydrogens (tertiary/aromatic N) is 3. The number of carbonyl (C=O) groups is 2. The molecule has 2 aliphatic rings. The molecule has 1 N–H and O–H groups in total. The molecule has 1 aromatic carbocycles. The van der Waals surface area contributed by atoms with Crippen LogP contribution in [-0.2, 0) is 11.3 Å². The molecule has 6 heteroatoms. The van der Waals surface area contributed by atoms with Crippen LogP contribution in [0.1, 0.15) is 28.9 Å². The van der Waals surface area contributed by atoms with E-state index in [1.54, 1.807) is 6.07 Å². The van der Waals surface area contributed by atoms with Gasteiger partial charge < -0.3 is 10.2 Å². The van der Waals surface area contributed by atoms with Crippen LogP contribution in [0.4, 0.5) is 5.69 Å². The van der Waals surface area contributed by atoms with Crippen LogP contribution in [0, 0.1) is 5.92 Å². The van der Waals surface area contributed by atoms with E-state index < -0.39 is 0 Å². The molecule has 1 aliphatic heterocycles. The van der Waals surface area contributed by atoms with Gasteiger partial charge in [-0.15, -0.1) is 0 Å². The normalized spacial score (nSPS) is 17.6. The zero-order valence-corrected chi connectivity index (χ0v) is 15.3. The van der Waals surface area contributed by atoms with Gasteiger partial charge in [-0.25, -0.2) is 0 Å². The van der Waals surface area contributed by atoms with Crippen molar-refractivity contribution in [3.63, 3.8) is 0 Å². The minimum atomic E-state index is 0.0232. The number of amides is 2. The van der Waals surface area contributed by atoms with E-state index in [0.717, 1.165) is 38.2 Å². The number of carbonyl (C=O) groups excluding carboxylic acids is 2. The molecule has 0 bridgehead atoms. The molecule has 2 aromatic rings. The highest BCUT2D eigenvalue weighted by Crippen LogP contribution is 2.30. The second-order valence-electron chi connectivity index (χ2n) is 7.23. The standard InChI is InChI=1S/C21H24N4O2/c26-20(16-7-8-16)23-18-6-3-4-17(14-18)21(27)25-12-10-24(11-13-25)15-19-5-1-2-9-22-19/h1-6,9,14,16H,7-8,10-13,15H2,(H,23,26). The summed E-state index contributed by atoms with van der Waals surface area (Å²) in [7, 11) is 0. The van der Waals surface area contributed by atoms with Crippen molar-refractivity contribution < 1.29 is 9.59 Å². The van der Waals surface area contributed by atoms with Crippen molar-refractivity contribution in [2.24, 2.45) is 5.92 Å². The first-order chi connectivity index (χ1) is 13.2. The van der Waals surface area contributed by atoms with E-state index in [-0.39, 0.29) is 17.7 Å². The quantitative estimate of drug-likeness (QED) is 0.885. The molecule has 0 radical (unpaired) electrons. The summed E-state index contributed by atoms with van der Waals surface area (Å²) in [6.45, 7) is 3.88. The molecule has 2 heterocycles. The Labute approximate surface area is 159 Å². The summed E-state index contributed by atoms with van der Waals surface area (Å²) in [5.74, 6) is 0.231. The molecule has 2 amide bonds. The number of hydrogen-bond acceptors (Lipinski definition) is 4. The van der Waals surface area contributed by atoms with Crippen LogP contribution in [0.3, 0.4) is 0 Å². The van der Waals surface area contributed by atoms with E-state index in [9.17, 15) is 9.59 Å². The summed E-state index contributed by atoms with van der Waals surface area (Å²) in [6, 6.07) is 13.2. The Morgan fingerprint density at radius 1 is 1.04 bits per heavy atom. The van der Waals surface area contributed by atoms with E-state index in [4.69, 9.17) is 0 Å². The molecular formula is C21H24N4O2. The first-order valence-electron chi connectivity index (χ1n) is 9.51. The highest BCUT2D eigenvalue weighted by atomic mass is 16.2. The van der Waals surface area contributed by atoms with Crippen LogP contribution in [-0.4, -0.2) is 52.8 Å². The summed E-state index contributed by atoms with van der Waals surface area (Å²) in [5, 5.41) is 2.91. The maximum atomic E-state index is 12.8. The second kappa shape index (κ2) is 7.88. The molecule has 27 heavy (non-hydrogen) atoms. The van der Waals surface area contributed by atoms with Crippen LogP contribution in [0.15, 0.2) is 48.7 Å². The van der Waals surface area contributed by atoms with Gasteiger partial charge in [0.05, 0.1) is 5.69 Å². The van der Waals surface area contributed by atoms with Crippen molar-refractivity contribution >= 4 is 17.5 Å². The Balaban J connectivity index is 1.33. The molecule has 6 nitrogen and oxygen atoms in total. The highest BCUT2D eigenvalue weighted by Gasteiger charge is 2.29. The van der Waals surface area contributed by atoms with Gasteiger partial charge in [-0.3, -0.25) is 19.5 Å². The molecule has 0 atom stereocenters. The van der Waals surface area contributed by atoms with Crippen molar-refractivity contribution in [3.05, 3.63) is 59.9 Å². The van der Waals surface area contributed by atoms with Gasteiger partial charge in [-0.05, 0) is 43.2 Å². The van der Waals surface area contributed by atoms with E-state index in [1.165, 1.54) is 0 Å². The zero-order chi connectivity index (χ0) is 18.6. The molecule has 0 spiro atoms. The molecule has 0 unspecified atom stereocenters. The van der Waals surface area contributed by atoms with Crippen molar-refractivity contribution in [1.82, 2.24) is 14.8 Å². The van der Waals surface area contributed by atoms with Crippen molar-refractivity contribution in [3.8, 4) is 0 Å². The second-order valence-corrected chi connectivity index (χ2v) is 7.23. The van der Waals surface area contributed by atoms with Gasteiger partial charge in [0.25, 0.3) is 5.91 Å². The van der Waals surface area contributed by atoms with E-state index in [2.05, 4.69) is 15.2 Å². The van der Waals surface area contributed by atoms with E-state index in [1.807, 2.05) is 47.5 Å². The fraction of sp³-hybridized carbons (Fsp3) is 0.381. The summed E-state index contributed by atoms with van der Waals surface area (Å²) in [6.07, 6.45) is 3.74. The average molecular weight is 364 g/mol. The third-order valence-corrected chi connectivity index (χ3v) is 5.10. The minimum Gasteiger partial charge on any atom is -0.336 e. The lowest BCUT2D eigenvalue weighted by Gasteiger charge is -2.34. The van der Waals surface area contributed by atoms with E-state index >= 15 is 0 Å². The number of pyridine rings is 1. The highest BCUT2D eigenvalue weighted by molar-refractivity contribution is 5.98. The van der Waals surface area contributed by atoms with Crippen LogP contribution >= 0.6 is 0 Å². The van der Waals surface area contributed by atoms with Crippen LogP contribution in [0.2, 0.25) is 0 Å². The molecular weight excluding hydrogens is 340 g/mol. The lowest BCUT2D eigenvalue weighted by molar-refractivity contribution is -0.117. The van der Waals surface area contributed by atoms with Gasteiger partial charge in [0, 0.05) is 56.1 Å². The lowest BCUT2D eigenvalue weighted by atomic mass is 10.1. The number of anilines is 1. The topological polar surface area (TPSA) is 65.5 Å². The largest absolute Gasteiger partial charge is 0.336 e. The smallest absolute Gasteiger partial charge is 0.254 e. The van der Waals surface area contributed by atoms with Crippen molar-refractivity contribution in [1.29, 1.82) is 0 Å². The Morgan fingerprint density at radius 3 is 2.56 bits per heavy atom.